The predicted molar refractivity (Wildman–Crippen MR) is 58.1 cm³/mol. The molecule has 4 nitrogen and oxygen atoms in total. The van der Waals surface area contributed by atoms with Crippen LogP contribution in [0.25, 0.3) is 0 Å². The molecule has 0 aliphatic rings. The van der Waals surface area contributed by atoms with Crippen LogP contribution in [0.5, 0.6) is 5.75 Å². The lowest BCUT2D eigenvalue weighted by molar-refractivity contribution is -0.122. The van der Waals surface area contributed by atoms with Crippen LogP contribution in [0.3, 0.4) is 0 Å². The smallest absolute Gasteiger partial charge is 0.223 e. The van der Waals surface area contributed by atoms with E-state index in [1.54, 1.807) is 13.0 Å². The fourth-order valence-corrected chi connectivity index (χ4v) is 1.17. The van der Waals surface area contributed by atoms with Crippen molar-refractivity contribution in [3.05, 3.63) is 29.6 Å². The summed E-state index contributed by atoms with van der Waals surface area (Å²) in [5.41, 5.74) is 10.8. The molecule has 0 radical (unpaired) electrons. The Bertz CT molecular complexity index is 382. The highest BCUT2D eigenvalue weighted by Gasteiger charge is 2.12. The van der Waals surface area contributed by atoms with Crippen LogP contribution in [0.1, 0.15) is 12.5 Å². The fraction of sp³-hybridized carbons (Fsp3) is 0.364. The molecule has 0 spiro atoms. The van der Waals surface area contributed by atoms with E-state index in [9.17, 15) is 9.18 Å². The van der Waals surface area contributed by atoms with Crippen molar-refractivity contribution in [3.8, 4) is 5.75 Å². The maximum atomic E-state index is 13.3. The number of benzene rings is 1. The summed E-state index contributed by atoms with van der Waals surface area (Å²) >= 11 is 0. The predicted octanol–water partition coefficient (Wildman–Crippen LogP) is 0.785. The molecule has 1 unspecified atom stereocenters. The lowest BCUT2D eigenvalue weighted by Gasteiger charge is -2.13. The minimum absolute atomic E-state index is 0.0486. The molecule has 0 heterocycles. The lowest BCUT2D eigenvalue weighted by atomic mass is 10.1. The number of nitrogens with two attached hydrogens (primary N) is 2. The van der Waals surface area contributed by atoms with Gasteiger partial charge in [-0.2, -0.15) is 0 Å². The summed E-state index contributed by atoms with van der Waals surface area (Å²) in [6, 6.07) is 4.45. The first-order valence-electron chi connectivity index (χ1n) is 4.95. The number of amides is 1. The van der Waals surface area contributed by atoms with Crippen molar-refractivity contribution < 1.29 is 13.9 Å². The molecule has 5 heteroatoms. The van der Waals surface area contributed by atoms with E-state index >= 15 is 0 Å². The lowest BCUT2D eigenvalue weighted by Crippen LogP contribution is -2.26. The number of halogens is 1. The Kier molecular flexibility index (Phi) is 4.25. The Labute approximate surface area is 93.4 Å². The second-order valence-corrected chi connectivity index (χ2v) is 3.54. The molecule has 1 atom stereocenters. The van der Waals surface area contributed by atoms with Gasteiger partial charge in [-0.25, -0.2) is 4.39 Å². The standard InChI is InChI=1S/C11H15FN2O2/c1-7(11(14)15)6-16-10-4-2-3-9(12)8(10)5-13/h2-4,7H,5-6,13H2,1H3,(H2,14,15). The molecule has 0 saturated carbocycles. The minimum atomic E-state index is -0.453. The molecule has 0 aromatic heterocycles. The molecule has 4 N–H and O–H groups in total. The van der Waals surface area contributed by atoms with Crippen LogP contribution in [0.15, 0.2) is 18.2 Å². The van der Waals surface area contributed by atoms with E-state index in [4.69, 9.17) is 16.2 Å². The van der Waals surface area contributed by atoms with E-state index in [0.29, 0.717) is 11.3 Å². The van der Waals surface area contributed by atoms with Crippen molar-refractivity contribution in [2.75, 3.05) is 6.61 Å². The third-order valence-electron chi connectivity index (χ3n) is 2.25. The Hall–Kier alpha value is -1.62. The van der Waals surface area contributed by atoms with Gasteiger partial charge in [0.1, 0.15) is 11.6 Å². The Morgan fingerprint density at radius 2 is 2.25 bits per heavy atom. The summed E-state index contributed by atoms with van der Waals surface area (Å²) in [5.74, 6) is -0.929. The van der Waals surface area contributed by atoms with Crippen LogP contribution in [0.4, 0.5) is 4.39 Å². The average molecular weight is 226 g/mol. The van der Waals surface area contributed by atoms with E-state index in [2.05, 4.69) is 0 Å². The monoisotopic (exact) mass is 226 g/mol. The van der Waals surface area contributed by atoms with Crippen molar-refractivity contribution in [2.24, 2.45) is 17.4 Å². The zero-order valence-electron chi connectivity index (χ0n) is 9.07. The van der Waals surface area contributed by atoms with Crippen LogP contribution in [0, 0.1) is 11.7 Å². The second-order valence-electron chi connectivity index (χ2n) is 3.54. The van der Waals surface area contributed by atoms with Crippen LogP contribution in [-0.4, -0.2) is 12.5 Å². The minimum Gasteiger partial charge on any atom is -0.492 e. The van der Waals surface area contributed by atoms with Gasteiger partial charge < -0.3 is 16.2 Å². The average Bonchev–Trinajstić information content (AvgIpc) is 2.25. The van der Waals surface area contributed by atoms with Gasteiger partial charge >= 0.3 is 0 Å². The van der Waals surface area contributed by atoms with Crippen molar-refractivity contribution in [3.63, 3.8) is 0 Å². The third kappa shape index (κ3) is 2.93. The highest BCUT2D eigenvalue weighted by atomic mass is 19.1. The Morgan fingerprint density at radius 1 is 1.56 bits per heavy atom. The molecule has 16 heavy (non-hydrogen) atoms. The molecule has 1 rings (SSSR count). The van der Waals surface area contributed by atoms with Gasteiger partial charge in [-0.15, -0.1) is 0 Å². The maximum Gasteiger partial charge on any atom is 0.223 e. The maximum absolute atomic E-state index is 13.3. The van der Waals surface area contributed by atoms with Crippen molar-refractivity contribution in [1.29, 1.82) is 0 Å². The number of carbonyl (C=O) groups is 1. The van der Waals surface area contributed by atoms with E-state index in [0.717, 1.165) is 0 Å². The molecule has 0 saturated heterocycles. The number of hydrogen-bond acceptors (Lipinski definition) is 3. The second kappa shape index (κ2) is 5.46. The Balaban J connectivity index is 2.74. The molecule has 1 aromatic rings. The summed E-state index contributed by atoms with van der Waals surface area (Å²) < 4.78 is 18.6. The number of ether oxygens (including phenoxy) is 1. The zero-order chi connectivity index (χ0) is 12.1. The molecule has 1 amide bonds. The molecular formula is C11H15FN2O2. The SMILES string of the molecule is CC(COc1cccc(F)c1CN)C(N)=O. The first-order valence-corrected chi connectivity index (χ1v) is 4.95. The van der Waals surface area contributed by atoms with E-state index < -0.39 is 17.6 Å². The van der Waals surface area contributed by atoms with E-state index in [1.807, 2.05) is 0 Å². The zero-order valence-corrected chi connectivity index (χ0v) is 9.07. The van der Waals surface area contributed by atoms with Gasteiger partial charge in [-0.3, -0.25) is 4.79 Å². The normalized spacial score (nSPS) is 12.2. The summed E-state index contributed by atoms with van der Waals surface area (Å²) in [4.78, 5) is 10.8. The summed E-state index contributed by atoms with van der Waals surface area (Å²) in [6.07, 6.45) is 0. The van der Waals surface area contributed by atoms with E-state index in [-0.39, 0.29) is 13.2 Å². The highest BCUT2D eigenvalue weighted by Crippen LogP contribution is 2.21. The fourth-order valence-electron chi connectivity index (χ4n) is 1.17. The van der Waals surface area contributed by atoms with Crippen molar-refractivity contribution in [2.45, 2.75) is 13.5 Å². The molecule has 0 aliphatic carbocycles. The molecule has 0 aliphatic heterocycles. The number of carbonyl (C=O) groups excluding carboxylic acids is 1. The summed E-state index contributed by atoms with van der Waals surface area (Å²) in [5, 5.41) is 0. The topological polar surface area (TPSA) is 78.3 Å². The van der Waals surface area contributed by atoms with Crippen LogP contribution >= 0.6 is 0 Å². The van der Waals surface area contributed by atoms with Gasteiger partial charge in [0, 0.05) is 12.1 Å². The quantitative estimate of drug-likeness (QED) is 0.778. The molecule has 88 valence electrons. The third-order valence-corrected chi connectivity index (χ3v) is 2.25. The van der Waals surface area contributed by atoms with Crippen molar-refractivity contribution >= 4 is 5.91 Å². The first-order chi connectivity index (χ1) is 7.56. The number of hydrogen-bond donors (Lipinski definition) is 2. The van der Waals surface area contributed by atoms with Gasteiger partial charge in [0.25, 0.3) is 0 Å². The molecule has 1 aromatic carbocycles. The van der Waals surface area contributed by atoms with Crippen LogP contribution in [-0.2, 0) is 11.3 Å². The number of rotatable bonds is 5. The number of primary amides is 1. The summed E-state index contributed by atoms with van der Waals surface area (Å²) in [7, 11) is 0. The van der Waals surface area contributed by atoms with Gasteiger partial charge in [0.2, 0.25) is 5.91 Å². The van der Waals surface area contributed by atoms with Gasteiger partial charge in [-0.05, 0) is 12.1 Å². The highest BCUT2D eigenvalue weighted by molar-refractivity contribution is 5.76. The molecule has 0 fully saturated rings. The van der Waals surface area contributed by atoms with Crippen LogP contribution in [0.2, 0.25) is 0 Å². The van der Waals surface area contributed by atoms with Gasteiger partial charge in [-0.1, -0.05) is 13.0 Å². The van der Waals surface area contributed by atoms with Gasteiger partial charge in [0.05, 0.1) is 12.5 Å². The van der Waals surface area contributed by atoms with Crippen molar-refractivity contribution in [1.82, 2.24) is 0 Å². The Morgan fingerprint density at radius 3 is 2.81 bits per heavy atom. The summed E-state index contributed by atoms with van der Waals surface area (Å²) in [6.45, 7) is 1.81. The largest absolute Gasteiger partial charge is 0.492 e. The van der Waals surface area contributed by atoms with Gasteiger partial charge in [0.15, 0.2) is 0 Å². The molecule has 0 bridgehead atoms. The molecular weight excluding hydrogens is 211 g/mol. The van der Waals surface area contributed by atoms with E-state index in [1.165, 1.54) is 12.1 Å². The van der Waals surface area contributed by atoms with Crippen LogP contribution < -0.4 is 16.2 Å². The first kappa shape index (κ1) is 12.4.